The van der Waals surface area contributed by atoms with Crippen molar-refractivity contribution in [2.24, 2.45) is 23.7 Å². The Labute approximate surface area is 249 Å². The second-order valence-corrected chi connectivity index (χ2v) is 13.6. The fourth-order valence-electron chi connectivity index (χ4n) is 8.76. The van der Waals surface area contributed by atoms with Gasteiger partial charge < -0.3 is 30.0 Å². The van der Waals surface area contributed by atoms with Crippen molar-refractivity contribution in [2.45, 2.75) is 76.1 Å². The average Bonchev–Trinajstić information content (AvgIpc) is 2.98. The van der Waals surface area contributed by atoms with E-state index in [1.807, 2.05) is 36.4 Å². The Kier molecular flexibility index (Phi) is 8.01. The number of anilines is 1. The fraction of sp³-hybridized carbons (Fsp3) is 0.618. The van der Waals surface area contributed by atoms with E-state index in [-0.39, 0.29) is 36.3 Å². The molecule has 4 aliphatic carbocycles. The molecule has 6 aliphatic rings. The predicted octanol–water partition coefficient (Wildman–Crippen LogP) is 5.39. The minimum atomic E-state index is -0.523. The molecule has 8 rings (SSSR count). The zero-order chi connectivity index (χ0) is 28.7. The van der Waals surface area contributed by atoms with E-state index in [2.05, 4.69) is 34.6 Å². The first-order valence-corrected chi connectivity index (χ1v) is 15.9. The number of aliphatic hydroxyl groups excluding tert-OH is 1. The second kappa shape index (κ2) is 11.9. The number of benzene rings is 2. The Morgan fingerprint density at radius 1 is 0.905 bits per heavy atom. The fourth-order valence-corrected chi connectivity index (χ4v) is 8.76. The molecule has 4 saturated carbocycles. The molecule has 2 aromatic rings. The largest absolute Gasteiger partial charge is 0.392 e. The van der Waals surface area contributed by atoms with Gasteiger partial charge in [0.15, 0.2) is 6.29 Å². The van der Waals surface area contributed by atoms with Crippen LogP contribution in [0.5, 0.6) is 0 Å². The molecule has 3 N–H and O–H groups in total. The molecular formula is C34H45N3O5. The number of morpholine rings is 1. The minimum absolute atomic E-state index is 0.0148. The summed E-state index contributed by atoms with van der Waals surface area (Å²) in [5, 5.41) is 16.0. The van der Waals surface area contributed by atoms with Crippen molar-refractivity contribution in [2.75, 3.05) is 38.2 Å². The molecule has 8 nitrogen and oxygen atoms in total. The van der Waals surface area contributed by atoms with Gasteiger partial charge in [0, 0.05) is 42.3 Å². The maximum atomic E-state index is 13.1. The van der Waals surface area contributed by atoms with Gasteiger partial charge in [-0.25, -0.2) is 4.79 Å². The molecule has 4 atom stereocenters. The summed E-state index contributed by atoms with van der Waals surface area (Å²) in [6, 6.07) is 15.8. The number of ether oxygens (including phenoxy) is 3. The lowest BCUT2D eigenvalue weighted by Gasteiger charge is -2.56. The molecule has 8 heteroatoms. The van der Waals surface area contributed by atoms with Crippen LogP contribution in [0.3, 0.4) is 0 Å². The Morgan fingerprint density at radius 2 is 1.52 bits per heavy atom. The standard InChI is InChI=1S/C34H45N3O5/c1-22-30(20-37-10-12-40-13-11-37)41-32(42-31(22)27-4-2-23(21-38)3-5-27)28-6-8-29(9-7-28)35-33(39)36-34-17-24-14-25(18-34)16-26(15-24)19-34/h2-9,22,24-26,30-32,38H,10-21H2,1H3,(H2,35,36,39)/t22-,24?,25?,26?,30+,31+,32+,34?/m1/s1. The Morgan fingerprint density at radius 3 is 2.14 bits per heavy atom. The first kappa shape index (κ1) is 28.3. The van der Waals surface area contributed by atoms with E-state index < -0.39 is 6.29 Å². The lowest BCUT2D eigenvalue weighted by atomic mass is 9.53. The molecule has 0 aromatic heterocycles. The third-order valence-electron chi connectivity index (χ3n) is 10.5. The normalized spacial score (nSPS) is 36.1. The molecule has 2 aromatic carbocycles. The first-order valence-electron chi connectivity index (χ1n) is 15.9. The highest BCUT2D eigenvalue weighted by Gasteiger charge is 2.51. The van der Waals surface area contributed by atoms with E-state index >= 15 is 0 Å². The van der Waals surface area contributed by atoms with Crippen LogP contribution in [0.15, 0.2) is 48.5 Å². The van der Waals surface area contributed by atoms with Crippen LogP contribution < -0.4 is 10.6 Å². The topological polar surface area (TPSA) is 92.3 Å². The van der Waals surface area contributed by atoms with Crippen LogP contribution in [-0.2, 0) is 20.8 Å². The number of amides is 2. The zero-order valence-corrected chi connectivity index (χ0v) is 24.7. The van der Waals surface area contributed by atoms with Crippen molar-refractivity contribution in [3.05, 3.63) is 65.2 Å². The molecule has 42 heavy (non-hydrogen) atoms. The number of nitrogens with one attached hydrogen (secondary N) is 2. The number of aliphatic hydroxyl groups is 1. The smallest absolute Gasteiger partial charge is 0.319 e. The second-order valence-electron chi connectivity index (χ2n) is 13.6. The van der Waals surface area contributed by atoms with E-state index in [1.54, 1.807) is 0 Å². The van der Waals surface area contributed by atoms with E-state index in [0.29, 0.717) is 0 Å². The third kappa shape index (κ3) is 5.97. The van der Waals surface area contributed by atoms with Gasteiger partial charge in [0.05, 0.1) is 32.0 Å². The molecule has 226 valence electrons. The van der Waals surface area contributed by atoms with Crippen LogP contribution in [0.25, 0.3) is 0 Å². The maximum absolute atomic E-state index is 13.1. The number of carbonyl (C=O) groups is 1. The molecule has 2 heterocycles. The number of rotatable bonds is 7. The van der Waals surface area contributed by atoms with Crippen molar-refractivity contribution >= 4 is 11.7 Å². The first-order chi connectivity index (χ1) is 20.4. The summed E-state index contributed by atoms with van der Waals surface area (Å²) in [5.74, 6) is 2.51. The van der Waals surface area contributed by atoms with Crippen LogP contribution in [0, 0.1) is 23.7 Å². The van der Waals surface area contributed by atoms with Crippen LogP contribution in [-0.4, -0.2) is 60.5 Å². The van der Waals surface area contributed by atoms with Crippen LogP contribution in [0.4, 0.5) is 10.5 Å². The van der Waals surface area contributed by atoms with Crippen LogP contribution in [0.2, 0.25) is 0 Å². The van der Waals surface area contributed by atoms with Crippen molar-refractivity contribution in [3.8, 4) is 0 Å². The quantitative estimate of drug-likeness (QED) is 0.410. The summed E-state index contributed by atoms with van der Waals surface area (Å²) in [6.45, 7) is 6.34. The molecule has 2 saturated heterocycles. The van der Waals surface area contributed by atoms with Gasteiger partial charge in [-0.05, 0) is 79.5 Å². The number of urea groups is 1. The zero-order valence-electron chi connectivity index (χ0n) is 24.7. The van der Waals surface area contributed by atoms with Crippen LogP contribution in [0.1, 0.15) is 74.5 Å². The van der Waals surface area contributed by atoms with Crippen LogP contribution >= 0.6 is 0 Å². The number of hydrogen-bond acceptors (Lipinski definition) is 6. The monoisotopic (exact) mass is 575 g/mol. The summed E-state index contributed by atoms with van der Waals surface area (Å²) in [7, 11) is 0. The summed E-state index contributed by atoms with van der Waals surface area (Å²) < 4.78 is 18.8. The summed E-state index contributed by atoms with van der Waals surface area (Å²) >= 11 is 0. The highest BCUT2D eigenvalue weighted by molar-refractivity contribution is 5.89. The van der Waals surface area contributed by atoms with Gasteiger partial charge >= 0.3 is 6.03 Å². The molecule has 6 fully saturated rings. The molecule has 4 bridgehead atoms. The van der Waals surface area contributed by atoms with Crippen molar-refractivity contribution in [1.82, 2.24) is 10.2 Å². The van der Waals surface area contributed by atoms with Crippen molar-refractivity contribution in [1.29, 1.82) is 0 Å². The van der Waals surface area contributed by atoms with Crippen molar-refractivity contribution < 1.29 is 24.1 Å². The van der Waals surface area contributed by atoms with E-state index in [9.17, 15) is 9.90 Å². The maximum Gasteiger partial charge on any atom is 0.319 e. The van der Waals surface area contributed by atoms with Gasteiger partial charge in [-0.2, -0.15) is 0 Å². The lowest BCUT2D eigenvalue weighted by Crippen LogP contribution is -2.60. The van der Waals surface area contributed by atoms with Gasteiger partial charge in [0.2, 0.25) is 0 Å². The molecule has 2 amide bonds. The number of hydrogen-bond donors (Lipinski definition) is 3. The number of carbonyl (C=O) groups excluding carboxylic acids is 1. The third-order valence-corrected chi connectivity index (χ3v) is 10.5. The van der Waals surface area contributed by atoms with E-state index in [4.69, 9.17) is 14.2 Å². The lowest BCUT2D eigenvalue weighted by molar-refractivity contribution is -0.277. The summed E-state index contributed by atoms with van der Waals surface area (Å²) in [4.78, 5) is 15.5. The minimum Gasteiger partial charge on any atom is -0.392 e. The summed E-state index contributed by atoms with van der Waals surface area (Å²) in [6.07, 6.45) is 6.79. The predicted molar refractivity (Wildman–Crippen MR) is 160 cm³/mol. The van der Waals surface area contributed by atoms with E-state index in [1.165, 1.54) is 19.3 Å². The van der Waals surface area contributed by atoms with Crippen molar-refractivity contribution in [3.63, 3.8) is 0 Å². The van der Waals surface area contributed by atoms with Gasteiger partial charge in [-0.3, -0.25) is 4.90 Å². The molecule has 0 radical (unpaired) electrons. The van der Waals surface area contributed by atoms with Gasteiger partial charge in [-0.1, -0.05) is 43.3 Å². The van der Waals surface area contributed by atoms with Gasteiger partial charge in [-0.15, -0.1) is 0 Å². The Hall–Kier alpha value is -2.49. The highest BCUT2D eigenvalue weighted by Crippen LogP contribution is 2.55. The average molecular weight is 576 g/mol. The highest BCUT2D eigenvalue weighted by atomic mass is 16.7. The van der Waals surface area contributed by atoms with Gasteiger partial charge in [0.1, 0.15) is 0 Å². The summed E-state index contributed by atoms with van der Waals surface area (Å²) in [5.41, 5.74) is 3.65. The Bertz CT molecular complexity index is 1190. The number of nitrogens with zero attached hydrogens (tertiary/aromatic N) is 1. The molecular weight excluding hydrogens is 530 g/mol. The Balaban J connectivity index is 1.04. The molecule has 0 unspecified atom stereocenters. The van der Waals surface area contributed by atoms with E-state index in [0.717, 1.165) is 92.2 Å². The molecule has 0 spiro atoms. The molecule has 2 aliphatic heterocycles. The van der Waals surface area contributed by atoms with Gasteiger partial charge in [0.25, 0.3) is 0 Å². The SMILES string of the molecule is C[C@@H]1[C@H](CN2CCOCC2)O[C@H](c2ccc(NC(=O)NC34CC5CC(CC(C5)C3)C4)cc2)O[C@@H]1c1ccc(CO)cc1.